The third kappa shape index (κ3) is 9.78. The largest absolute Gasteiger partial charge is 0.494 e. The molecule has 44 heavy (non-hydrogen) atoms. The van der Waals surface area contributed by atoms with E-state index in [0.29, 0.717) is 12.2 Å². The molecule has 3 unspecified atom stereocenters. The number of carboxylic acids is 1. The Balaban J connectivity index is 1.64. The van der Waals surface area contributed by atoms with Crippen LogP contribution in [0.3, 0.4) is 0 Å². The van der Waals surface area contributed by atoms with Gasteiger partial charge in [0.2, 0.25) is 0 Å². The van der Waals surface area contributed by atoms with Gasteiger partial charge >= 0.3 is 11.9 Å². The van der Waals surface area contributed by atoms with E-state index in [-0.39, 0.29) is 17.2 Å². The van der Waals surface area contributed by atoms with Gasteiger partial charge in [-0.05, 0) is 73.6 Å². The van der Waals surface area contributed by atoms with Crippen molar-refractivity contribution in [1.82, 2.24) is 0 Å². The van der Waals surface area contributed by atoms with Crippen LogP contribution in [0.1, 0.15) is 106 Å². The third-order valence-corrected chi connectivity index (χ3v) is 8.20. The van der Waals surface area contributed by atoms with Crippen molar-refractivity contribution in [1.29, 1.82) is 0 Å². The Bertz CT molecular complexity index is 1240. The molecule has 0 saturated carbocycles. The fourth-order valence-corrected chi connectivity index (χ4v) is 5.57. The molecule has 6 nitrogen and oxygen atoms in total. The maximum Gasteiger partial charge on any atom is 0.338 e. The van der Waals surface area contributed by atoms with E-state index in [1.807, 2.05) is 31.2 Å². The van der Waals surface area contributed by atoms with Gasteiger partial charge in [0.05, 0.1) is 18.3 Å². The summed E-state index contributed by atoms with van der Waals surface area (Å²) >= 11 is 0. The van der Waals surface area contributed by atoms with E-state index in [0.717, 1.165) is 69.3 Å². The van der Waals surface area contributed by atoms with Gasteiger partial charge in [-0.15, -0.1) is 0 Å². The van der Waals surface area contributed by atoms with Gasteiger partial charge in [0.25, 0.3) is 0 Å². The van der Waals surface area contributed by atoms with Crippen molar-refractivity contribution in [2.75, 3.05) is 20.3 Å². The second kappa shape index (κ2) is 18.4. The molecule has 0 amide bonds. The lowest BCUT2D eigenvalue weighted by Gasteiger charge is -2.33. The van der Waals surface area contributed by atoms with E-state index in [4.69, 9.17) is 14.2 Å². The van der Waals surface area contributed by atoms with E-state index >= 15 is 4.39 Å². The minimum atomic E-state index is -2.06. The number of rotatable bonds is 20. The molecule has 1 aliphatic carbocycles. The summed E-state index contributed by atoms with van der Waals surface area (Å²) in [5.74, 6) is -1.28. The first-order valence-corrected chi connectivity index (χ1v) is 16.1. The number of aliphatic carboxylic acids is 1. The number of esters is 1. The fourth-order valence-electron chi connectivity index (χ4n) is 5.57. The monoisotopic (exact) mass is 608 g/mol. The summed E-state index contributed by atoms with van der Waals surface area (Å²) in [7, 11) is 1.73. The molecule has 0 spiro atoms. The van der Waals surface area contributed by atoms with Crippen LogP contribution in [0, 0.1) is 0 Å². The van der Waals surface area contributed by atoms with E-state index in [2.05, 4.69) is 6.92 Å². The Morgan fingerprint density at radius 2 is 1.57 bits per heavy atom. The second-order valence-electron chi connectivity index (χ2n) is 11.6. The zero-order chi connectivity index (χ0) is 31.8. The normalized spacial score (nSPS) is 18.5. The smallest absolute Gasteiger partial charge is 0.338 e. The summed E-state index contributed by atoms with van der Waals surface area (Å²) in [4.78, 5) is 25.9. The highest BCUT2D eigenvalue weighted by Gasteiger charge is 2.49. The number of carboxylic acid groups (broad SMARTS) is 1. The molecule has 240 valence electrons. The highest BCUT2D eigenvalue weighted by Crippen LogP contribution is 2.41. The highest BCUT2D eigenvalue weighted by atomic mass is 19.1. The minimum Gasteiger partial charge on any atom is -0.494 e. The molecule has 0 aliphatic heterocycles. The van der Waals surface area contributed by atoms with E-state index in [9.17, 15) is 14.7 Å². The minimum absolute atomic E-state index is 0.0621. The molecule has 0 fully saturated rings. The number of carbonyl (C=O) groups is 2. The molecule has 1 aliphatic rings. The van der Waals surface area contributed by atoms with Crippen molar-refractivity contribution < 1.29 is 33.3 Å². The van der Waals surface area contributed by atoms with Gasteiger partial charge in [0.15, 0.2) is 0 Å². The number of allylic oxidation sites excluding steroid dienone is 3. The maximum absolute atomic E-state index is 16.1. The number of halogens is 1. The number of hydrogen-bond acceptors (Lipinski definition) is 5. The SMILES string of the molecule is CCCCCCC(C)OC(=O)c1ccccc1C1(C(=O)O)C=CC(c2ccc(OCCCCCCCCOC)cc2)=CC1F. The Morgan fingerprint density at radius 3 is 2.23 bits per heavy atom. The van der Waals surface area contributed by atoms with Gasteiger partial charge < -0.3 is 19.3 Å². The number of hydrogen-bond donors (Lipinski definition) is 1. The molecule has 0 aromatic heterocycles. The van der Waals surface area contributed by atoms with Gasteiger partial charge in [-0.1, -0.05) is 94.4 Å². The highest BCUT2D eigenvalue weighted by molar-refractivity contribution is 5.97. The Kier molecular flexibility index (Phi) is 14.6. The topological polar surface area (TPSA) is 82.1 Å². The molecular formula is C37H49FO6. The van der Waals surface area contributed by atoms with Crippen molar-refractivity contribution in [2.45, 2.75) is 102 Å². The molecule has 0 saturated heterocycles. The Morgan fingerprint density at radius 1 is 0.909 bits per heavy atom. The summed E-state index contributed by atoms with van der Waals surface area (Å²) < 4.78 is 32.7. The van der Waals surface area contributed by atoms with Crippen LogP contribution in [-0.4, -0.2) is 49.6 Å². The van der Waals surface area contributed by atoms with Crippen molar-refractivity contribution in [3.63, 3.8) is 0 Å². The molecule has 0 radical (unpaired) electrons. The van der Waals surface area contributed by atoms with Crippen LogP contribution in [0.15, 0.2) is 66.8 Å². The maximum atomic E-state index is 16.1. The quantitative estimate of drug-likeness (QED) is 0.119. The van der Waals surface area contributed by atoms with Gasteiger partial charge in [0.1, 0.15) is 17.3 Å². The third-order valence-electron chi connectivity index (χ3n) is 8.20. The van der Waals surface area contributed by atoms with Gasteiger partial charge in [0, 0.05) is 13.7 Å². The van der Waals surface area contributed by atoms with Crippen molar-refractivity contribution >= 4 is 17.5 Å². The molecule has 3 atom stereocenters. The zero-order valence-corrected chi connectivity index (χ0v) is 26.6. The summed E-state index contributed by atoms with van der Waals surface area (Å²) in [6, 6.07) is 13.6. The molecule has 0 heterocycles. The number of benzene rings is 2. The molecule has 7 heteroatoms. The summed E-state index contributed by atoms with van der Waals surface area (Å²) in [5.41, 5.74) is -0.609. The summed E-state index contributed by atoms with van der Waals surface area (Å²) in [6.45, 7) is 5.42. The Labute approximate surface area is 262 Å². The van der Waals surface area contributed by atoms with E-state index < -0.39 is 23.5 Å². The lowest BCUT2D eigenvalue weighted by Crippen LogP contribution is -2.44. The van der Waals surface area contributed by atoms with Crippen LogP contribution < -0.4 is 4.74 Å². The molecule has 3 rings (SSSR count). The van der Waals surface area contributed by atoms with Crippen LogP contribution in [0.4, 0.5) is 4.39 Å². The standard InChI is InChI=1S/C37H49FO6/c1-4-5-6-11-16-28(2)44-35(39)32-17-12-13-18-33(32)37(36(40)41)24-23-30(27-34(37)38)29-19-21-31(22-20-29)43-26-15-10-8-7-9-14-25-42-3/h12-13,17-24,27-28,34H,4-11,14-16,25-26H2,1-3H3,(H,40,41). The van der Waals surface area contributed by atoms with Crippen LogP contribution in [0.2, 0.25) is 0 Å². The molecular weight excluding hydrogens is 559 g/mol. The first-order chi connectivity index (χ1) is 21.3. The number of alkyl halides is 1. The summed E-state index contributed by atoms with van der Waals surface area (Å²) in [6.07, 6.45) is 13.8. The van der Waals surface area contributed by atoms with Gasteiger partial charge in [-0.25, -0.2) is 9.18 Å². The number of carbonyl (C=O) groups excluding carboxylic acids is 1. The van der Waals surface area contributed by atoms with Crippen LogP contribution >= 0.6 is 0 Å². The lowest BCUT2D eigenvalue weighted by atomic mass is 9.71. The predicted molar refractivity (Wildman–Crippen MR) is 173 cm³/mol. The zero-order valence-electron chi connectivity index (χ0n) is 26.6. The lowest BCUT2D eigenvalue weighted by molar-refractivity contribution is -0.143. The van der Waals surface area contributed by atoms with Crippen LogP contribution in [-0.2, 0) is 19.7 Å². The number of methoxy groups -OCH3 is 1. The van der Waals surface area contributed by atoms with E-state index in [1.165, 1.54) is 43.5 Å². The van der Waals surface area contributed by atoms with E-state index in [1.54, 1.807) is 25.3 Å². The molecule has 2 aromatic carbocycles. The predicted octanol–water partition coefficient (Wildman–Crippen LogP) is 8.88. The second-order valence-corrected chi connectivity index (χ2v) is 11.6. The average molecular weight is 609 g/mol. The number of unbranched alkanes of at least 4 members (excludes halogenated alkanes) is 8. The number of ether oxygens (including phenoxy) is 3. The first-order valence-electron chi connectivity index (χ1n) is 16.1. The molecule has 2 aromatic rings. The van der Waals surface area contributed by atoms with Gasteiger partial charge in [-0.2, -0.15) is 0 Å². The van der Waals surface area contributed by atoms with Gasteiger partial charge in [-0.3, -0.25) is 4.79 Å². The average Bonchev–Trinajstić information content (AvgIpc) is 3.02. The van der Waals surface area contributed by atoms with Crippen molar-refractivity contribution in [2.24, 2.45) is 0 Å². The summed E-state index contributed by atoms with van der Waals surface area (Å²) in [5, 5.41) is 10.4. The van der Waals surface area contributed by atoms with Crippen molar-refractivity contribution in [3.8, 4) is 5.75 Å². The van der Waals surface area contributed by atoms with Crippen molar-refractivity contribution in [3.05, 3.63) is 83.4 Å². The first kappa shape index (κ1) is 35.0. The Hall–Kier alpha value is -3.45. The van der Waals surface area contributed by atoms with Crippen LogP contribution in [0.5, 0.6) is 5.75 Å². The van der Waals surface area contributed by atoms with Crippen LogP contribution in [0.25, 0.3) is 5.57 Å². The fraction of sp³-hybridized carbons (Fsp3) is 0.514. The molecule has 1 N–H and O–H groups in total. The molecule has 0 bridgehead atoms.